The molecule has 0 aliphatic carbocycles. The summed E-state index contributed by atoms with van der Waals surface area (Å²) < 4.78 is 111. The van der Waals surface area contributed by atoms with Crippen molar-refractivity contribution in [1.82, 2.24) is 0 Å². The minimum atomic E-state index is -2.13. The Morgan fingerprint density at radius 2 is 0.606 bits per heavy atom. The maximum Gasteiger partial charge on any atom is 0.187 e. The Morgan fingerprint density at radius 3 is 0.929 bits per heavy atom. The second-order valence-electron chi connectivity index (χ2n) is 26.7. The van der Waals surface area contributed by atoms with Crippen LogP contribution in [0.4, 0.5) is 0 Å². The van der Waals surface area contributed by atoms with Gasteiger partial charge in [-0.3, -0.25) is 0 Å². The zero-order valence-corrected chi connectivity index (χ0v) is 55.2. The van der Waals surface area contributed by atoms with Gasteiger partial charge in [-0.1, -0.05) is 25.9 Å². The summed E-state index contributed by atoms with van der Waals surface area (Å²) in [5.74, 6) is -3.28. The molecule has 9 aliphatic rings. The Labute approximate surface area is 567 Å². The van der Waals surface area contributed by atoms with Crippen LogP contribution in [-0.4, -0.2) is 390 Å². The summed E-state index contributed by atoms with van der Waals surface area (Å²) in [5, 5.41) is 213. The SMILES string of the molecule is CC1[C@H](O[C@@H]2C(O)[C@H](O[C@@H]3C(CO)O[C@@H](O[C@@H]4C(O)[C@H](O[C@@H]5C(CO)O[C@@H](OCCN=[N+]=[N-])C(C)[C@H]5OC5C[C@@H](O)C(O)[C@H](C)O5)OC(CO)[C@@H]4O)C(C)[C@H]3OC3C[C@@H](O)C(O)[C@H](C)O3)OC(CO)[C@@H]2O)OC(CO)[C@@H](O[C@@H]2OC(CO)[C@H](O)[C@H](O)C2O)[C@@H]1OC1CC(O)[C@H](O)[C@H](C)O1. The quantitative estimate of drug-likeness (QED) is 0.0165. The number of hydrogen-bond acceptors (Lipinski definition) is 38. The highest BCUT2D eigenvalue weighted by atomic mass is 16.8. The molecule has 0 saturated carbocycles. The van der Waals surface area contributed by atoms with Gasteiger partial charge in [-0.15, -0.1) is 0 Å². The average molecular weight is 1440 g/mol. The second-order valence-corrected chi connectivity index (χ2v) is 26.7. The van der Waals surface area contributed by atoms with Crippen molar-refractivity contribution in [2.45, 2.75) is 301 Å². The molecule has 9 rings (SSSR count). The topological polar surface area (TPSA) is 599 Å². The average Bonchev–Trinajstić information content (AvgIpc) is 0.765. The monoisotopic (exact) mass is 1440 g/mol. The summed E-state index contributed by atoms with van der Waals surface area (Å²) in [7, 11) is 0. The molecule has 99 heavy (non-hydrogen) atoms. The second kappa shape index (κ2) is 35.9. The van der Waals surface area contributed by atoms with Crippen LogP contribution in [-0.2, 0) is 85.3 Å². The first kappa shape index (κ1) is 80.9. The van der Waals surface area contributed by atoms with Crippen molar-refractivity contribution in [2.24, 2.45) is 22.9 Å². The van der Waals surface area contributed by atoms with E-state index in [1.165, 1.54) is 34.6 Å². The molecule has 0 aromatic heterocycles. The molecule has 9 saturated heterocycles. The van der Waals surface area contributed by atoms with Gasteiger partial charge in [0.1, 0.15) is 128 Å². The van der Waals surface area contributed by atoms with Crippen molar-refractivity contribution >= 4 is 0 Å². The normalized spacial score (nSPS) is 51.7. The van der Waals surface area contributed by atoms with Crippen LogP contribution in [0.5, 0.6) is 0 Å². The summed E-state index contributed by atoms with van der Waals surface area (Å²) in [6.07, 6.45) is -61.8. The van der Waals surface area contributed by atoms with Gasteiger partial charge in [0.25, 0.3) is 0 Å². The summed E-state index contributed by atoms with van der Waals surface area (Å²) >= 11 is 0. The van der Waals surface area contributed by atoms with Crippen molar-refractivity contribution in [3.8, 4) is 0 Å². The van der Waals surface area contributed by atoms with E-state index in [1.807, 2.05) is 0 Å². The van der Waals surface area contributed by atoms with Crippen LogP contribution in [0.15, 0.2) is 5.11 Å². The van der Waals surface area contributed by atoms with Crippen molar-refractivity contribution < 1.29 is 182 Å². The van der Waals surface area contributed by atoms with Gasteiger partial charge in [0.05, 0.1) is 101 Å². The minimum absolute atomic E-state index is 0.112. The molecule has 19 N–H and O–H groups in total. The van der Waals surface area contributed by atoms with Gasteiger partial charge in [0, 0.05) is 48.5 Å². The van der Waals surface area contributed by atoms with Gasteiger partial charge >= 0.3 is 0 Å². The number of ether oxygens (including phenoxy) is 18. The molecule has 18 unspecified atom stereocenters. The third-order valence-electron chi connectivity index (χ3n) is 19.8. The Bertz CT molecular complexity index is 2460. The number of aliphatic hydroxyl groups excluding tert-OH is 19. The van der Waals surface area contributed by atoms with E-state index in [1.54, 1.807) is 6.92 Å². The van der Waals surface area contributed by atoms with Crippen LogP contribution < -0.4 is 0 Å². The standard InChI is InChI=1S/C59H101N3O37/c1-18-46(92-33-9-24(69)36(72)21(4)83-33)49(30(15-66)89-54(18)82-8-7-61-62-60)96-58-44(80)52(40(76)28(13-64)87-58)99-56-20(3)48(94-35-11-26(71)38(74)23(6)85-35)51(32(17-68)91-56)97-59-45(81)53(41(77)29(14-65)88-59)98-55-19(2)47(93-34-10-25(70)37(73)22(5)84-34)50(31(16-67)90-55)95-57-43(79)42(78)39(75)27(12-63)86-57/h18-59,63-81H,7-17H2,1-6H3/t18?,19?,20?,21-,22-,23-,24+,25?,26+,27?,28?,29?,30?,31?,32?,33?,34?,35?,36?,37+,38?,39-,40-,41-,42-,43?,44?,45?,46+,47+,48+,49+,50+,51+,52-,53-,54+,55-,56-,57-,58-,59-/m0/s1. The third kappa shape index (κ3) is 18.1. The molecular formula is C59H101N3O37. The lowest BCUT2D eigenvalue weighted by Crippen LogP contribution is -2.67. The summed E-state index contributed by atoms with van der Waals surface area (Å²) in [4.78, 5) is 2.72. The number of nitrogens with zero attached hydrogens (tertiary/aromatic N) is 3. The highest BCUT2D eigenvalue weighted by Crippen LogP contribution is 2.43. The smallest absolute Gasteiger partial charge is 0.187 e. The Balaban J connectivity index is 0.972. The Morgan fingerprint density at radius 1 is 0.313 bits per heavy atom. The van der Waals surface area contributed by atoms with E-state index in [2.05, 4.69) is 10.0 Å². The van der Waals surface area contributed by atoms with Gasteiger partial charge in [-0.25, -0.2) is 0 Å². The van der Waals surface area contributed by atoms with Gasteiger partial charge in [0.15, 0.2) is 56.6 Å². The number of aliphatic hydroxyl groups is 19. The molecular weight excluding hydrogens is 1340 g/mol. The molecule has 0 bridgehead atoms. The third-order valence-corrected chi connectivity index (χ3v) is 19.8. The first-order valence-corrected chi connectivity index (χ1v) is 33.4. The van der Waals surface area contributed by atoms with Crippen molar-refractivity contribution in [3.63, 3.8) is 0 Å². The molecule has 0 aromatic carbocycles. The largest absolute Gasteiger partial charge is 0.394 e. The molecule has 0 radical (unpaired) electrons. The van der Waals surface area contributed by atoms with Crippen molar-refractivity contribution in [1.29, 1.82) is 0 Å². The van der Waals surface area contributed by atoms with E-state index in [-0.39, 0.29) is 32.4 Å². The van der Waals surface area contributed by atoms with E-state index < -0.39 is 297 Å². The molecule has 574 valence electrons. The molecule has 0 amide bonds. The molecule has 40 nitrogen and oxygen atoms in total. The van der Waals surface area contributed by atoms with Crippen molar-refractivity contribution in [3.05, 3.63) is 10.4 Å². The summed E-state index contributed by atoms with van der Waals surface area (Å²) in [6, 6.07) is 0. The van der Waals surface area contributed by atoms with Gasteiger partial charge < -0.3 is 182 Å². The number of azide groups is 1. The highest BCUT2D eigenvalue weighted by Gasteiger charge is 2.59. The highest BCUT2D eigenvalue weighted by molar-refractivity contribution is 5.01. The van der Waals surface area contributed by atoms with Gasteiger partial charge in [0.2, 0.25) is 0 Å². The van der Waals surface area contributed by atoms with Crippen LogP contribution in [0.3, 0.4) is 0 Å². The fourth-order valence-electron chi connectivity index (χ4n) is 13.9. The lowest BCUT2D eigenvalue weighted by Gasteiger charge is -2.52. The van der Waals surface area contributed by atoms with Crippen LogP contribution >= 0.6 is 0 Å². The Kier molecular flexibility index (Phi) is 29.4. The molecule has 9 aliphatic heterocycles. The first-order chi connectivity index (χ1) is 47.1. The Hall–Kier alpha value is -2.17. The molecule has 40 heteroatoms. The minimum Gasteiger partial charge on any atom is -0.394 e. The van der Waals surface area contributed by atoms with Gasteiger partial charge in [-0.05, 0) is 26.3 Å². The maximum atomic E-state index is 12.4. The predicted molar refractivity (Wildman–Crippen MR) is 316 cm³/mol. The lowest BCUT2D eigenvalue weighted by atomic mass is 9.90. The molecule has 42 atom stereocenters. The molecule has 9 heterocycles. The van der Waals surface area contributed by atoms with Crippen molar-refractivity contribution in [2.75, 3.05) is 52.8 Å². The summed E-state index contributed by atoms with van der Waals surface area (Å²) in [5.41, 5.74) is 8.85. The first-order valence-electron chi connectivity index (χ1n) is 33.4. The van der Waals surface area contributed by atoms with Crippen LogP contribution in [0.2, 0.25) is 0 Å². The van der Waals surface area contributed by atoms with E-state index >= 15 is 0 Å². The summed E-state index contributed by atoms with van der Waals surface area (Å²) in [6.45, 7) is 3.26. The van der Waals surface area contributed by atoms with Crippen LogP contribution in [0.25, 0.3) is 10.4 Å². The predicted octanol–water partition coefficient (Wildman–Crippen LogP) is -9.30. The zero-order chi connectivity index (χ0) is 72.2. The number of rotatable bonds is 26. The lowest BCUT2D eigenvalue weighted by molar-refractivity contribution is -0.403. The van der Waals surface area contributed by atoms with Gasteiger partial charge in [-0.2, -0.15) is 0 Å². The number of hydrogen-bond donors (Lipinski definition) is 19. The van der Waals surface area contributed by atoms with E-state index in [4.69, 9.17) is 90.8 Å². The molecule has 9 fully saturated rings. The zero-order valence-electron chi connectivity index (χ0n) is 55.2. The van der Waals surface area contributed by atoms with E-state index in [0.29, 0.717) is 0 Å². The van der Waals surface area contributed by atoms with E-state index in [9.17, 15) is 97.0 Å². The van der Waals surface area contributed by atoms with E-state index in [0.717, 1.165) is 0 Å². The molecule has 0 aromatic rings. The maximum absolute atomic E-state index is 12.4. The molecule has 0 spiro atoms. The van der Waals surface area contributed by atoms with Crippen LogP contribution in [0.1, 0.15) is 60.8 Å². The van der Waals surface area contributed by atoms with Crippen LogP contribution in [0, 0.1) is 17.8 Å². The fraction of sp³-hybridized carbons (Fsp3) is 1.00. The fourth-order valence-corrected chi connectivity index (χ4v) is 13.9.